The van der Waals surface area contributed by atoms with E-state index < -0.39 is 41.5 Å². The van der Waals surface area contributed by atoms with Gasteiger partial charge >= 0.3 is 5.69 Å². The molecule has 1 aliphatic rings. The molecule has 2 rings (SSSR count). The molecule has 3 N–H and O–H groups in total. The fourth-order valence-electron chi connectivity index (χ4n) is 2.01. The summed E-state index contributed by atoms with van der Waals surface area (Å²) in [5.74, 6) is 1.72. The van der Waals surface area contributed by atoms with Gasteiger partial charge in [-0.3, -0.25) is 9.78 Å². The van der Waals surface area contributed by atoms with E-state index >= 15 is 0 Å². The van der Waals surface area contributed by atoms with Crippen LogP contribution in [0.2, 0.25) is 0 Å². The van der Waals surface area contributed by atoms with Crippen LogP contribution in [-0.4, -0.2) is 49.0 Å². The molecule has 9 heteroatoms. The molecular weight excluding hydrogens is 273 g/mol. The minimum Gasteiger partial charge on any atom is -0.391 e. The molecule has 0 amide bonds. The molecule has 0 aliphatic carbocycles. The first-order valence-electron chi connectivity index (χ1n) is 5.67. The normalized spacial score (nSPS) is 34.6. The first-order chi connectivity index (χ1) is 9.31. The van der Waals surface area contributed by atoms with E-state index in [-0.39, 0.29) is 0 Å². The number of hydrogen-bond donors (Lipinski definition) is 3. The van der Waals surface area contributed by atoms with Crippen LogP contribution in [0.3, 0.4) is 0 Å². The van der Waals surface area contributed by atoms with Crippen LogP contribution >= 0.6 is 0 Å². The molecular formula is C11H12FN3O5. The number of H-pyrrole nitrogens is 1. The Kier molecular flexibility index (Phi) is 3.47. The average molecular weight is 285 g/mol. The minimum absolute atomic E-state index is 0.479. The highest BCUT2D eigenvalue weighted by Crippen LogP contribution is 2.41. The molecule has 1 aromatic rings. The summed E-state index contributed by atoms with van der Waals surface area (Å²) in [6, 6.07) is 0. The van der Waals surface area contributed by atoms with E-state index in [0.717, 1.165) is 6.20 Å². The molecule has 5 atom stereocenters. The Morgan fingerprint density at radius 3 is 2.85 bits per heavy atom. The van der Waals surface area contributed by atoms with Crippen LogP contribution < -0.4 is 11.2 Å². The molecule has 20 heavy (non-hydrogen) atoms. The second-order valence-electron chi connectivity index (χ2n) is 4.43. The topological polar surface area (TPSA) is 117 Å². The van der Waals surface area contributed by atoms with Crippen LogP contribution in [0.5, 0.6) is 0 Å². The molecule has 8 nitrogen and oxygen atoms in total. The van der Waals surface area contributed by atoms with E-state index in [0.29, 0.717) is 4.68 Å². The van der Waals surface area contributed by atoms with Gasteiger partial charge in [0.2, 0.25) is 11.9 Å². The lowest BCUT2D eigenvalue weighted by atomic mass is 9.95. The van der Waals surface area contributed by atoms with E-state index in [2.05, 4.69) is 5.10 Å². The van der Waals surface area contributed by atoms with Crippen molar-refractivity contribution in [3.8, 4) is 12.3 Å². The zero-order valence-corrected chi connectivity index (χ0v) is 10.4. The van der Waals surface area contributed by atoms with Gasteiger partial charge < -0.3 is 14.9 Å². The average Bonchev–Trinajstić information content (AvgIpc) is 2.64. The van der Waals surface area contributed by atoms with Crippen molar-refractivity contribution in [2.75, 3.05) is 0 Å². The summed E-state index contributed by atoms with van der Waals surface area (Å²) in [6.45, 7) is 1.27. The van der Waals surface area contributed by atoms with Crippen LogP contribution in [0.1, 0.15) is 13.2 Å². The zero-order valence-electron chi connectivity index (χ0n) is 10.4. The van der Waals surface area contributed by atoms with Crippen molar-refractivity contribution in [3.63, 3.8) is 0 Å². The van der Waals surface area contributed by atoms with E-state index in [1.807, 2.05) is 4.98 Å². The Bertz CT molecular complexity index is 663. The molecule has 0 bridgehead atoms. The third kappa shape index (κ3) is 2.03. The zero-order chi connectivity index (χ0) is 15.1. The van der Waals surface area contributed by atoms with Crippen LogP contribution in [0.4, 0.5) is 4.39 Å². The molecule has 108 valence electrons. The number of aromatic nitrogens is 3. The van der Waals surface area contributed by atoms with Gasteiger partial charge in [0.15, 0.2) is 0 Å². The molecule has 0 spiro atoms. The standard InChI is InChI=1S/C11H12FN3O5/c1-3-11(12)8(18)7(5(2)16)20-9(11)15-10(19)14-6(17)4-13-15/h1,4-5,7-9,16,18H,2H3,(H,14,17,19)/t5-,7+,8?,9+,11?/m0/s1. The summed E-state index contributed by atoms with van der Waals surface area (Å²) in [5, 5.41) is 22.7. The molecule has 2 unspecified atom stereocenters. The summed E-state index contributed by atoms with van der Waals surface area (Å²) < 4.78 is 20.3. The Morgan fingerprint density at radius 2 is 2.35 bits per heavy atom. The SMILES string of the molecule is C#CC1(F)C(O)[C@@H]([C@H](C)O)O[C@H]1n1ncc(=O)[nH]c1=O. The Hall–Kier alpha value is -2.02. The third-order valence-corrected chi connectivity index (χ3v) is 3.04. The van der Waals surface area contributed by atoms with Gasteiger partial charge in [-0.1, -0.05) is 5.92 Å². The molecule has 0 saturated carbocycles. The van der Waals surface area contributed by atoms with Crippen molar-refractivity contribution >= 4 is 0 Å². The first-order valence-corrected chi connectivity index (χ1v) is 5.67. The fraction of sp³-hybridized carbons (Fsp3) is 0.545. The number of aliphatic hydroxyl groups is 2. The number of halogens is 1. The summed E-state index contributed by atoms with van der Waals surface area (Å²) in [6.07, 6.45) is -0.357. The van der Waals surface area contributed by atoms with Crippen molar-refractivity contribution in [2.45, 2.75) is 37.1 Å². The first kappa shape index (κ1) is 14.4. The van der Waals surface area contributed by atoms with Gasteiger partial charge in [0.25, 0.3) is 5.56 Å². The lowest BCUT2D eigenvalue weighted by molar-refractivity contribution is -0.0850. The number of aliphatic hydroxyl groups excluding tert-OH is 2. The van der Waals surface area contributed by atoms with Gasteiger partial charge in [0.1, 0.15) is 18.4 Å². The van der Waals surface area contributed by atoms with Crippen LogP contribution in [0, 0.1) is 12.3 Å². The summed E-state index contributed by atoms with van der Waals surface area (Å²) in [4.78, 5) is 24.4. The molecule has 1 aromatic heterocycles. The summed E-state index contributed by atoms with van der Waals surface area (Å²) in [5.41, 5.74) is -4.59. The maximum absolute atomic E-state index is 14.7. The monoisotopic (exact) mass is 285 g/mol. The lowest BCUT2D eigenvalue weighted by Gasteiger charge is -2.22. The van der Waals surface area contributed by atoms with E-state index in [9.17, 15) is 24.2 Å². The van der Waals surface area contributed by atoms with Gasteiger partial charge in [0.05, 0.1) is 6.10 Å². The van der Waals surface area contributed by atoms with E-state index in [4.69, 9.17) is 11.2 Å². The second-order valence-corrected chi connectivity index (χ2v) is 4.43. The van der Waals surface area contributed by atoms with Crippen molar-refractivity contribution in [1.82, 2.24) is 14.8 Å². The fourth-order valence-corrected chi connectivity index (χ4v) is 2.01. The lowest BCUT2D eigenvalue weighted by Crippen LogP contribution is -2.46. The third-order valence-electron chi connectivity index (χ3n) is 3.04. The maximum atomic E-state index is 14.7. The number of aromatic amines is 1. The Balaban J connectivity index is 2.53. The van der Waals surface area contributed by atoms with Gasteiger partial charge in [-0.15, -0.1) is 6.42 Å². The smallest absolute Gasteiger partial charge is 0.347 e. The second kappa shape index (κ2) is 4.82. The quantitative estimate of drug-likeness (QED) is 0.536. The summed E-state index contributed by atoms with van der Waals surface area (Å²) >= 11 is 0. The molecule has 1 fully saturated rings. The van der Waals surface area contributed by atoms with E-state index in [1.165, 1.54) is 6.92 Å². The van der Waals surface area contributed by atoms with Gasteiger partial charge in [-0.05, 0) is 6.92 Å². The van der Waals surface area contributed by atoms with Gasteiger partial charge in [-0.2, -0.15) is 9.78 Å². The number of terminal acetylenes is 1. The predicted octanol–water partition coefficient (Wildman–Crippen LogP) is -2.09. The number of ether oxygens (including phenoxy) is 1. The number of alkyl halides is 1. The molecule has 0 radical (unpaired) electrons. The van der Waals surface area contributed by atoms with Crippen LogP contribution in [-0.2, 0) is 4.74 Å². The van der Waals surface area contributed by atoms with Crippen LogP contribution in [0.15, 0.2) is 15.8 Å². The number of rotatable bonds is 2. The van der Waals surface area contributed by atoms with Gasteiger partial charge in [-0.25, -0.2) is 9.18 Å². The highest BCUT2D eigenvalue weighted by Gasteiger charge is 2.59. The number of nitrogens with zero attached hydrogens (tertiary/aromatic N) is 2. The number of hydrogen-bond acceptors (Lipinski definition) is 6. The van der Waals surface area contributed by atoms with Crippen molar-refractivity contribution in [3.05, 3.63) is 27.0 Å². The predicted molar refractivity (Wildman–Crippen MR) is 63.4 cm³/mol. The van der Waals surface area contributed by atoms with Crippen molar-refractivity contribution in [2.24, 2.45) is 0 Å². The molecule has 1 saturated heterocycles. The van der Waals surface area contributed by atoms with Crippen molar-refractivity contribution in [1.29, 1.82) is 0 Å². The highest BCUT2D eigenvalue weighted by molar-refractivity contribution is 5.19. The maximum Gasteiger partial charge on any atom is 0.347 e. The largest absolute Gasteiger partial charge is 0.391 e. The van der Waals surface area contributed by atoms with Gasteiger partial charge in [0, 0.05) is 0 Å². The highest BCUT2D eigenvalue weighted by atomic mass is 19.1. The Morgan fingerprint density at radius 1 is 1.70 bits per heavy atom. The molecule has 1 aliphatic heterocycles. The van der Waals surface area contributed by atoms with E-state index in [1.54, 1.807) is 5.92 Å². The van der Waals surface area contributed by atoms with Crippen LogP contribution in [0.25, 0.3) is 0 Å². The van der Waals surface area contributed by atoms with Crippen molar-refractivity contribution < 1.29 is 19.3 Å². The Labute approximate surface area is 111 Å². The number of nitrogens with one attached hydrogen (secondary N) is 1. The molecule has 2 heterocycles. The minimum atomic E-state index is -2.77. The molecule has 0 aromatic carbocycles. The summed E-state index contributed by atoms with van der Waals surface area (Å²) in [7, 11) is 0.